The summed E-state index contributed by atoms with van der Waals surface area (Å²) < 4.78 is 14.4. The van der Waals surface area contributed by atoms with E-state index in [1.54, 1.807) is 6.20 Å². The fourth-order valence-corrected chi connectivity index (χ4v) is 1.83. The fraction of sp³-hybridized carbons (Fsp3) is 0.250. The molecule has 0 unspecified atom stereocenters. The summed E-state index contributed by atoms with van der Waals surface area (Å²) in [7, 11) is 0. The Hall–Kier alpha value is -1.99. The van der Waals surface area contributed by atoms with Crippen molar-refractivity contribution in [2.75, 3.05) is 6.54 Å². The van der Waals surface area contributed by atoms with Gasteiger partial charge in [-0.3, -0.25) is 4.79 Å². The van der Waals surface area contributed by atoms with Gasteiger partial charge < -0.3 is 10.4 Å². The highest BCUT2D eigenvalue weighted by Crippen LogP contribution is 2.20. The Morgan fingerprint density at radius 3 is 3.00 bits per heavy atom. The molecule has 2 aromatic rings. The predicted molar refractivity (Wildman–Crippen MR) is 70.3 cm³/mol. The van der Waals surface area contributed by atoms with E-state index in [1.807, 2.05) is 0 Å². The molecule has 0 radical (unpaired) electrons. The number of halogens is 2. The first-order valence-electron chi connectivity index (χ1n) is 5.85. The van der Waals surface area contributed by atoms with Crippen LogP contribution in [0.1, 0.15) is 12.1 Å². The van der Waals surface area contributed by atoms with Crippen LogP contribution in [0.4, 0.5) is 4.39 Å². The summed E-state index contributed by atoms with van der Waals surface area (Å²) >= 11 is 5.93. The zero-order valence-corrected chi connectivity index (χ0v) is 11.1. The van der Waals surface area contributed by atoms with Crippen LogP contribution in [0, 0.1) is 5.82 Å². The van der Waals surface area contributed by atoms with E-state index < -0.39 is 11.8 Å². The van der Waals surface area contributed by atoms with Crippen LogP contribution in [0.5, 0.6) is 0 Å². The van der Waals surface area contributed by atoms with E-state index in [2.05, 4.69) is 15.6 Å². The maximum absolute atomic E-state index is 13.0. The number of nitrogens with zero attached hydrogens (tertiary/aromatic N) is 3. The third-order valence-corrected chi connectivity index (χ3v) is 2.82. The molecule has 1 aromatic carbocycles. The van der Waals surface area contributed by atoms with Gasteiger partial charge in [0.05, 0.1) is 29.0 Å². The topological polar surface area (TPSA) is 80.0 Å². The predicted octanol–water partition coefficient (Wildman–Crippen LogP) is 1.62. The number of carboxylic acids is 1. The summed E-state index contributed by atoms with van der Waals surface area (Å²) in [4.78, 5) is 10.3. The molecule has 6 nitrogen and oxygen atoms in total. The second-order valence-electron chi connectivity index (χ2n) is 4.07. The summed E-state index contributed by atoms with van der Waals surface area (Å²) in [5.41, 5.74) is 1.16. The lowest BCUT2D eigenvalue weighted by molar-refractivity contribution is -0.136. The number of hydrogen-bond donors (Lipinski definition) is 2. The van der Waals surface area contributed by atoms with Crippen molar-refractivity contribution in [2.24, 2.45) is 0 Å². The van der Waals surface area contributed by atoms with Gasteiger partial charge in [-0.05, 0) is 18.2 Å². The minimum absolute atomic E-state index is 0.0396. The lowest BCUT2D eigenvalue weighted by atomic mass is 10.3. The fourth-order valence-electron chi connectivity index (χ4n) is 1.58. The molecule has 2 N–H and O–H groups in total. The van der Waals surface area contributed by atoms with Crippen molar-refractivity contribution in [2.45, 2.75) is 13.0 Å². The Labute approximate surface area is 119 Å². The number of hydrogen-bond acceptors (Lipinski definition) is 4. The number of rotatable bonds is 6. The van der Waals surface area contributed by atoms with Gasteiger partial charge in [0.15, 0.2) is 0 Å². The minimum atomic E-state index is -0.862. The molecule has 0 saturated heterocycles. The van der Waals surface area contributed by atoms with Crippen LogP contribution in [-0.4, -0.2) is 32.6 Å². The largest absolute Gasteiger partial charge is 0.481 e. The second-order valence-corrected chi connectivity index (χ2v) is 4.48. The van der Waals surface area contributed by atoms with Crippen molar-refractivity contribution in [1.29, 1.82) is 0 Å². The standard InChI is InChI=1S/C12H12ClFN4O2/c13-10-5-8(14)1-2-11(10)18-7-9(16-17-18)6-15-4-3-12(19)20/h1-2,5,7,15H,3-4,6H2,(H,19,20). The van der Waals surface area contributed by atoms with E-state index in [9.17, 15) is 9.18 Å². The van der Waals surface area contributed by atoms with Crippen molar-refractivity contribution < 1.29 is 14.3 Å². The summed E-state index contributed by atoms with van der Waals surface area (Å²) in [6, 6.07) is 3.99. The molecule has 0 atom stereocenters. The quantitative estimate of drug-likeness (QED) is 0.792. The molecule has 8 heteroatoms. The molecule has 0 aliphatic carbocycles. The first-order valence-corrected chi connectivity index (χ1v) is 6.23. The van der Waals surface area contributed by atoms with Gasteiger partial charge in [0.2, 0.25) is 0 Å². The normalized spacial score (nSPS) is 10.7. The molecule has 0 aliphatic heterocycles. The molecule has 0 saturated carbocycles. The minimum Gasteiger partial charge on any atom is -0.481 e. The van der Waals surface area contributed by atoms with Gasteiger partial charge in [0.1, 0.15) is 5.82 Å². The highest BCUT2D eigenvalue weighted by atomic mass is 35.5. The third-order valence-electron chi connectivity index (χ3n) is 2.52. The van der Waals surface area contributed by atoms with Crippen molar-refractivity contribution in [1.82, 2.24) is 20.3 Å². The third kappa shape index (κ3) is 3.75. The van der Waals surface area contributed by atoms with Gasteiger partial charge in [-0.2, -0.15) is 0 Å². The maximum Gasteiger partial charge on any atom is 0.304 e. The van der Waals surface area contributed by atoms with Crippen LogP contribution in [0.25, 0.3) is 5.69 Å². The van der Waals surface area contributed by atoms with E-state index in [1.165, 1.54) is 22.9 Å². The molecule has 0 fully saturated rings. The number of aromatic nitrogens is 3. The molecular formula is C12H12ClFN4O2. The van der Waals surface area contributed by atoms with Crippen molar-refractivity contribution in [3.63, 3.8) is 0 Å². The molecule has 2 rings (SSSR count). The van der Waals surface area contributed by atoms with E-state index in [0.717, 1.165) is 0 Å². The van der Waals surface area contributed by atoms with E-state index >= 15 is 0 Å². The molecule has 1 heterocycles. The van der Waals surface area contributed by atoms with Crippen LogP contribution < -0.4 is 5.32 Å². The summed E-state index contributed by atoms with van der Waals surface area (Å²) in [5, 5.41) is 19.5. The summed E-state index contributed by atoms with van der Waals surface area (Å²) in [6.07, 6.45) is 1.69. The number of carbonyl (C=O) groups is 1. The summed E-state index contributed by atoms with van der Waals surface area (Å²) in [5.74, 6) is -1.28. The Balaban J connectivity index is 1.99. The summed E-state index contributed by atoms with van der Waals surface area (Å²) in [6.45, 7) is 0.742. The van der Waals surface area contributed by atoms with Crippen molar-refractivity contribution >= 4 is 17.6 Å². The lowest BCUT2D eigenvalue weighted by Crippen LogP contribution is -2.17. The first kappa shape index (κ1) is 14.4. The molecular weight excluding hydrogens is 287 g/mol. The number of aliphatic carboxylic acids is 1. The monoisotopic (exact) mass is 298 g/mol. The molecule has 106 valence electrons. The average molecular weight is 299 g/mol. The molecule has 0 bridgehead atoms. The highest BCUT2D eigenvalue weighted by Gasteiger charge is 2.07. The van der Waals surface area contributed by atoms with E-state index in [4.69, 9.17) is 16.7 Å². The molecule has 0 spiro atoms. The van der Waals surface area contributed by atoms with E-state index in [-0.39, 0.29) is 11.4 Å². The van der Waals surface area contributed by atoms with Gasteiger partial charge in [-0.25, -0.2) is 9.07 Å². The molecule has 20 heavy (non-hydrogen) atoms. The van der Waals surface area contributed by atoms with Gasteiger partial charge in [0, 0.05) is 13.1 Å². The SMILES string of the molecule is O=C(O)CCNCc1cn(-c2ccc(F)cc2Cl)nn1. The van der Waals surface area contributed by atoms with E-state index in [0.29, 0.717) is 24.5 Å². The van der Waals surface area contributed by atoms with Crippen molar-refractivity contribution in [3.8, 4) is 5.69 Å². The van der Waals surface area contributed by atoms with Crippen LogP contribution >= 0.6 is 11.6 Å². The number of carboxylic acid groups (broad SMARTS) is 1. The Morgan fingerprint density at radius 1 is 1.50 bits per heavy atom. The van der Waals surface area contributed by atoms with Gasteiger partial charge in [-0.1, -0.05) is 16.8 Å². The highest BCUT2D eigenvalue weighted by molar-refractivity contribution is 6.32. The van der Waals surface area contributed by atoms with Gasteiger partial charge >= 0.3 is 5.97 Å². The Kier molecular flexibility index (Phi) is 4.65. The Morgan fingerprint density at radius 2 is 2.30 bits per heavy atom. The molecule has 0 aliphatic rings. The number of benzene rings is 1. The zero-order valence-electron chi connectivity index (χ0n) is 10.4. The lowest BCUT2D eigenvalue weighted by Gasteiger charge is -2.02. The molecule has 0 amide bonds. The average Bonchev–Trinajstić information content (AvgIpc) is 2.83. The van der Waals surface area contributed by atoms with Crippen LogP contribution in [0.15, 0.2) is 24.4 Å². The van der Waals surface area contributed by atoms with Crippen LogP contribution in [0.2, 0.25) is 5.02 Å². The first-order chi connectivity index (χ1) is 9.56. The van der Waals surface area contributed by atoms with Gasteiger partial charge in [0.25, 0.3) is 0 Å². The van der Waals surface area contributed by atoms with Crippen molar-refractivity contribution in [3.05, 3.63) is 40.9 Å². The Bertz CT molecular complexity index is 617. The molecule has 1 aromatic heterocycles. The second kappa shape index (κ2) is 6.44. The maximum atomic E-state index is 13.0. The van der Waals surface area contributed by atoms with Gasteiger partial charge in [-0.15, -0.1) is 5.10 Å². The van der Waals surface area contributed by atoms with Crippen LogP contribution in [-0.2, 0) is 11.3 Å². The van der Waals surface area contributed by atoms with Crippen LogP contribution in [0.3, 0.4) is 0 Å². The zero-order chi connectivity index (χ0) is 14.5. The number of nitrogens with one attached hydrogen (secondary N) is 1. The smallest absolute Gasteiger partial charge is 0.304 e.